The van der Waals surface area contributed by atoms with E-state index >= 15 is 0 Å². The summed E-state index contributed by atoms with van der Waals surface area (Å²) in [6.07, 6.45) is 12.7. The van der Waals surface area contributed by atoms with Crippen molar-refractivity contribution < 1.29 is 9.59 Å². The van der Waals surface area contributed by atoms with Crippen LogP contribution in [0.25, 0.3) is 10.9 Å². The number of para-hydroxylation sites is 1. The Morgan fingerprint density at radius 2 is 1.68 bits per heavy atom. The molecule has 0 radical (unpaired) electrons. The molecule has 1 aromatic carbocycles. The second-order valence-electron chi connectivity index (χ2n) is 7.71. The Hall–Kier alpha value is -2.47. The summed E-state index contributed by atoms with van der Waals surface area (Å²) in [5, 5.41) is 7.78. The summed E-state index contributed by atoms with van der Waals surface area (Å²) < 4.78 is 0. The molecule has 31 heavy (non-hydrogen) atoms. The largest absolute Gasteiger partial charge is 0.347 e. The lowest BCUT2D eigenvalue weighted by Gasteiger charge is -2.05. The van der Waals surface area contributed by atoms with Crippen LogP contribution in [0.3, 0.4) is 0 Å². The average molecular weight is 445 g/mol. The first-order valence-electron chi connectivity index (χ1n) is 11.2. The number of aromatic nitrogens is 1. The van der Waals surface area contributed by atoms with Gasteiger partial charge in [-0.1, -0.05) is 88.1 Å². The van der Waals surface area contributed by atoms with Crippen molar-refractivity contribution in [2.75, 3.05) is 6.54 Å². The van der Waals surface area contributed by atoms with Crippen molar-refractivity contribution >= 4 is 40.5 Å². The molecule has 1 heterocycles. The summed E-state index contributed by atoms with van der Waals surface area (Å²) >= 11 is 6.16. The van der Waals surface area contributed by atoms with Crippen LogP contribution in [0.2, 0.25) is 5.15 Å². The van der Waals surface area contributed by atoms with Crippen molar-refractivity contribution in [2.45, 2.75) is 71.1 Å². The number of halogens is 1. The van der Waals surface area contributed by atoms with E-state index in [4.69, 9.17) is 11.6 Å². The predicted octanol–water partition coefficient (Wildman–Crippen LogP) is 5.38. The molecule has 0 atom stereocenters. The van der Waals surface area contributed by atoms with Crippen LogP contribution < -0.4 is 10.7 Å². The minimum absolute atomic E-state index is 0.0999. The number of hydrogen-bond acceptors (Lipinski definition) is 4. The monoisotopic (exact) mass is 444 g/mol. The summed E-state index contributed by atoms with van der Waals surface area (Å²) in [7, 11) is 0. The Bertz CT molecular complexity index is 870. The Kier molecular flexibility index (Phi) is 11.6. The van der Waals surface area contributed by atoms with Crippen molar-refractivity contribution in [1.29, 1.82) is 0 Å². The van der Waals surface area contributed by atoms with Gasteiger partial charge in [-0.15, -0.1) is 0 Å². The van der Waals surface area contributed by atoms with Crippen LogP contribution in [0.15, 0.2) is 35.4 Å². The fourth-order valence-corrected chi connectivity index (χ4v) is 3.47. The third-order valence-electron chi connectivity index (χ3n) is 5.05. The van der Waals surface area contributed by atoms with Gasteiger partial charge in [-0.3, -0.25) is 9.59 Å². The second-order valence-corrected chi connectivity index (χ2v) is 8.07. The number of amides is 2. The Morgan fingerprint density at radius 3 is 2.42 bits per heavy atom. The molecule has 0 unspecified atom stereocenters. The van der Waals surface area contributed by atoms with Gasteiger partial charge in [0.15, 0.2) is 0 Å². The van der Waals surface area contributed by atoms with Gasteiger partial charge in [-0.25, -0.2) is 10.4 Å². The van der Waals surface area contributed by atoms with Gasteiger partial charge in [0.05, 0.1) is 18.3 Å². The number of nitrogens with one attached hydrogen (secondary N) is 2. The maximum Gasteiger partial charge on any atom is 0.259 e. The van der Waals surface area contributed by atoms with Crippen molar-refractivity contribution in [2.24, 2.45) is 5.10 Å². The molecular weight excluding hydrogens is 412 g/mol. The summed E-state index contributed by atoms with van der Waals surface area (Å²) in [6, 6.07) is 9.47. The zero-order valence-corrected chi connectivity index (χ0v) is 19.1. The maximum absolute atomic E-state index is 11.9. The zero-order valence-electron chi connectivity index (χ0n) is 18.3. The minimum atomic E-state index is -0.387. The summed E-state index contributed by atoms with van der Waals surface area (Å²) in [5.74, 6) is -0.495. The number of carbonyl (C=O) groups excluding carboxylic acids is 2. The summed E-state index contributed by atoms with van der Waals surface area (Å²) in [4.78, 5) is 28.0. The van der Waals surface area contributed by atoms with Crippen molar-refractivity contribution in [3.05, 3.63) is 41.0 Å². The molecule has 2 rings (SSSR count). The lowest BCUT2D eigenvalue weighted by Crippen LogP contribution is -2.34. The van der Waals surface area contributed by atoms with Gasteiger partial charge in [0, 0.05) is 17.4 Å². The SMILES string of the molecule is CCCCCCCCCCCC(=O)NCC(=O)N/N=C/c1cc2ccccc2nc1Cl. The Morgan fingerprint density at radius 1 is 1.00 bits per heavy atom. The van der Waals surface area contributed by atoms with Gasteiger partial charge in [-0.05, 0) is 18.6 Å². The quantitative estimate of drug-likeness (QED) is 0.178. The second kappa shape index (κ2) is 14.5. The van der Waals surface area contributed by atoms with E-state index in [0.717, 1.165) is 23.7 Å². The highest BCUT2D eigenvalue weighted by atomic mass is 35.5. The molecule has 6 nitrogen and oxygen atoms in total. The van der Waals surface area contributed by atoms with Crippen LogP contribution in [-0.4, -0.2) is 29.6 Å². The molecule has 0 fully saturated rings. The first kappa shape index (κ1) is 24.8. The highest BCUT2D eigenvalue weighted by Gasteiger charge is 2.06. The average Bonchev–Trinajstić information content (AvgIpc) is 2.77. The standard InChI is InChI=1S/C24H33ClN4O2/c1-2-3-4-5-6-7-8-9-10-15-22(30)26-18-23(31)29-27-17-20-16-19-13-11-12-14-21(19)28-24(20)25/h11-14,16-17H,2-10,15,18H2,1H3,(H,26,30)(H,29,31)/b27-17+. The fraction of sp³-hybridized carbons (Fsp3) is 0.500. The number of rotatable bonds is 14. The minimum Gasteiger partial charge on any atom is -0.347 e. The summed E-state index contributed by atoms with van der Waals surface area (Å²) in [5.41, 5.74) is 3.80. The van der Waals surface area contributed by atoms with E-state index in [1.807, 2.05) is 30.3 Å². The van der Waals surface area contributed by atoms with Gasteiger partial charge >= 0.3 is 0 Å². The fourth-order valence-electron chi connectivity index (χ4n) is 3.28. The van der Waals surface area contributed by atoms with E-state index in [2.05, 4.69) is 27.8 Å². The van der Waals surface area contributed by atoms with Gasteiger partial charge < -0.3 is 5.32 Å². The molecule has 7 heteroatoms. The molecule has 2 aromatic rings. The van der Waals surface area contributed by atoms with Crippen LogP contribution in [-0.2, 0) is 9.59 Å². The number of hydrazone groups is 1. The van der Waals surface area contributed by atoms with Gasteiger partial charge in [0.2, 0.25) is 5.91 Å². The first-order chi connectivity index (χ1) is 15.1. The highest BCUT2D eigenvalue weighted by molar-refractivity contribution is 6.32. The van der Waals surface area contributed by atoms with E-state index in [1.54, 1.807) is 0 Å². The van der Waals surface area contributed by atoms with Crippen molar-refractivity contribution in [3.63, 3.8) is 0 Å². The van der Waals surface area contributed by atoms with E-state index in [-0.39, 0.29) is 18.4 Å². The number of carbonyl (C=O) groups is 2. The van der Waals surface area contributed by atoms with E-state index in [1.165, 1.54) is 51.2 Å². The number of nitrogens with zero attached hydrogens (tertiary/aromatic N) is 2. The third-order valence-corrected chi connectivity index (χ3v) is 5.35. The third kappa shape index (κ3) is 9.92. The normalized spacial score (nSPS) is 11.2. The highest BCUT2D eigenvalue weighted by Crippen LogP contribution is 2.18. The molecule has 168 valence electrons. The Balaban J connectivity index is 1.58. The first-order valence-corrected chi connectivity index (χ1v) is 11.6. The van der Waals surface area contributed by atoms with Crippen LogP contribution in [0.5, 0.6) is 0 Å². The van der Waals surface area contributed by atoms with Crippen LogP contribution in [0.4, 0.5) is 0 Å². The number of unbranched alkanes of at least 4 members (excludes halogenated alkanes) is 8. The number of fused-ring (bicyclic) bond motifs is 1. The van der Waals surface area contributed by atoms with Gasteiger partial charge in [-0.2, -0.15) is 5.10 Å². The molecule has 0 spiro atoms. The smallest absolute Gasteiger partial charge is 0.259 e. The molecule has 0 aliphatic rings. The lowest BCUT2D eigenvalue weighted by molar-refractivity contribution is -0.126. The molecule has 0 saturated heterocycles. The maximum atomic E-state index is 11.9. The number of benzene rings is 1. The molecule has 0 bridgehead atoms. The predicted molar refractivity (Wildman–Crippen MR) is 127 cm³/mol. The van der Waals surface area contributed by atoms with Gasteiger partial charge in [0.25, 0.3) is 5.91 Å². The van der Waals surface area contributed by atoms with Crippen molar-refractivity contribution in [3.8, 4) is 0 Å². The molecule has 0 aliphatic carbocycles. The lowest BCUT2D eigenvalue weighted by atomic mass is 10.1. The van der Waals surface area contributed by atoms with E-state index < -0.39 is 0 Å². The molecular formula is C24H33ClN4O2. The van der Waals surface area contributed by atoms with E-state index in [0.29, 0.717) is 17.1 Å². The zero-order chi connectivity index (χ0) is 22.3. The molecule has 1 aromatic heterocycles. The Labute approximate surface area is 189 Å². The molecule has 2 amide bonds. The number of hydrogen-bond donors (Lipinski definition) is 2. The molecule has 0 aliphatic heterocycles. The topological polar surface area (TPSA) is 83.5 Å². The van der Waals surface area contributed by atoms with Crippen LogP contribution >= 0.6 is 11.6 Å². The van der Waals surface area contributed by atoms with Gasteiger partial charge in [0.1, 0.15) is 5.15 Å². The van der Waals surface area contributed by atoms with Crippen LogP contribution in [0.1, 0.15) is 76.7 Å². The molecule has 2 N–H and O–H groups in total. The van der Waals surface area contributed by atoms with Crippen molar-refractivity contribution in [1.82, 2.24) is 15.7 Å². The number of pyridine rings is 1. The van der Waals surface area contributed by atoms with Crippen LogP contribution in [0, 0.1) is 0 Å². The van der Waals surface area contributed by atoms with E-state index in [9.17, 15) is 9.59 Å². The summed E-state index contributed by atoms with van der Waals surface area (Å²) in [6.45, 7) is 2.12. The molecule has 0 saturated carbocycles.